The molecule has 6 heteroatoms. The normalized spacial score (nSPS) is 12.4. The van der Waals surface area contributed by atoms with Crippen LogP contribution in [0.15, 0.2) is 24.7 Å². The molecule has 0 saturated carbocycles. The summed E-state index contributed by atoms with van der Waals surface area (Å²) in [7, 11) is 3.60. The third-order valence-corrected chi connectivity index (χ3v) is 2.96. The number of nitrogens with one attached hydrogen (secondary N) is 1. The zero-order valence-corrected chi connectivity index (χ0v) is 11.5. The Hall–Kier alpha value is -1.95. The molecule has 0 radical (unpaired) electrons. The van der Waals surface area contributed by atoms with Crippen molar-refractivity contribution < 1.29 is 4.74 Å². The number of aryl methyl sites for hydroxylation is 2. The van der Waals surface area contributed by atoms with E-state index in [0.29, 0.717) is 6.61 Å². The lowest BCUT2D eigenvalue weighted by Gasteiger charge is -2.18. The van der Waals surface area contributed by atoms with Crippen molar-refractivity contribution in [1.29, 1.82) is 0 Å². The summed E-state index contributed by atoms with van der Waals surface area (Å²) in [6.45, 7) is 2.62. The maximum Gasteiger partial charge on any atom is 0.130 e. The Morgan fingerprint density at radius 1 is 1.42 bits per heavy atom. The lowest BCUT2D eigenvalue weighted by Crippen LogP contribution is -2.20. The van der Waals surface area contributed by atoms with Crippen LogP contribution in [0.25, 0.3) is 0 Å². The molecular formula is C13H19N5O. The van der Waals surface area contributed by atoms with Crippen molar-refractivity contribution in [2.24, 2.45) is 7.05 Å². The molecule has 0 fully saturated rings. The molecule has 102 valence electrons. The predicted molar refractivity (Wildman–Crippen MR) is 72.9 cm³/mol. The molecular weight excluding hydrogens is 242 g/mol. The molecule has 0 aliphatic heterocycles. The van der Waals surface area contributed by atoms with Crippen LogP contribution in [0.5, 0.6) is 0 Å². The van der Waals surface area contributed by atoms with Gasteiger partial charge in [0.1, 0.15) is 12.1 Å². The molecule has 1 N–H and O–H groups in total. The van der Waals surface area contributed by atoms with Gasteiger partial charge in [-0.25, -0.2) is 9.97 Å². The van der Waals surface area contributed by atoms with Gasteiger partial charge in [0, 0.05) is 32.1 Å². The zero-order chi connectivity index (χ0) is 13.7. The van der Waals surface area contributed by atoms with Crippen LogP contribution < -0.4 is 5.32 Å². The average molecular weight is 261 g/mol. The van der Waals surface area contributed by atoms with Crippen LogP contribution in [0, 0.1) is 0 Å². The Morgan fingerprint density at radius 2 is 2.26 bits per heavy atom. The maximum atomic E-state index is 5.26. The second-order valence-corrected chi connectivity index (χ2v) is 4.28. The zero-order valence-electron chi connectivity index (χ0n) is 11.5. The van der Waals surface area contributed by atoms with E-state index in [2.05, 4.69) is 27.3 Å². The highest BCUT2D eigenvalue weighted by Gasteiger charge is 2.15. The fourth-order valence-corrected chi connectivity index (χ4v) is 1.94. The van der Waals surface area contributed by atoms with Crippen LogP contribution in [0.3, 0.4) is 0 Å². The van der Waals surface area contributed by atoms with E-state index in [9.17, 15) is 0 Å². The molecule has 0 bridgehead atoms. The van der Waals surface area contributed by atoms with Crippen LogP contribution in [0.4, 0.5) is 5.82 Å². The molecule has 2 heterocycles. The van der Waals surface area contributed by atoms with E-state index in [0.717, 1.165) is 23.6 Å². The van der Waals surface area contributed by atoms with Gasteiger partial charge in [-0.2, -0.15) is 5.10 Å². The van der Waals surface area contributed by atoms with Gasteiger partial charge in [0.25, 0.3) is 0 Å². The molecule has 6 nitrogen and oxygen atoms in total. The summed E-state index contributed by atoms with van der Waals surface area (Å²) in [4.78, 5) is 8.43. The minimum atomic E-state index is 0.0112. The number of ether oxygens (including phenoxy) is 1. The summed E-state index contributed by atoms with van der Waals surface area (Å²) in [6.07, 6.45) is 4.24. The maximum absolute atomic E-state index is 5.26. The van der Waals surface area contributed by atoms with Gasteiger partial charge in [0.05, 0.1) is 18.3 Å². The number of anilines is 1. The Balaban J connectivity index is 2.18. The number of aromatic nitrogens is 4. The summed E-state index contributed by atoms with van der Waals surface area (Å²) in [5.74, 6) is 0.801. The minimum Gasteiger partial charge on any atom is -0.382 e. The van der Waals surface area contributed by atoms with E-state index in [-0.39, 0.29) is 6.04 Å². The fourth-order valence-electron chi connectivity index (χ4n) is 1.94. The molecule has 0 aromatic carbocycles. The van der Waals surface area contributed by atoms with Crippen molar-refractivity contribution in [3.05, 3.63) is 36.0 Å². The van der Waals surface area contributed by atoms with E-state index < -0.39 is 0 Å². The second-order valence-electron chi connectivity index (χ2n) is 4.28. The van der Waals surface area contributed by atoms with Crippen LogP contribution in [-0.4, -0.2) is 33.5 Å². The van der Waals surface area contributed by atoms with Gasteiger partial charge in [-0.05, 0) is 12.5 Å². The molecule has 0 aliphatic carbocycles. The SMILES string of the molecule is CCc1cc(N[C@H](COC)c2ccnn2C)ncn1. The summed E-state index contributed by atoms with van der Waals surface area (Å²) in [5.41, 5.74) is 2.07. The molecule has 2 aromatic heterocycles. The topological polar surface area (TPSA) is 64.9 Å². The van der Waals surface area contributed by atoms with Crippen molar-refractivity contribution >= 4 is 5.82 Å². The number of hydrogen-bond donors (Lipinski definition) is 1. The number of hydrogen-bond acceptors (Lipinski definition) is 5. The van der Waals surface area contributed by atoms with Crippen LogP contribution in [0.1, 0.15) is 24.4 Å². The van der Waals surface area contributed by atoms with Gasteiger partial charge in [-0.3, -0.25) is 4.68 Å². The number of methoxy groups -OCH3 is 1. The van der Waals surface area contributed by atoms with E-state index in [1.54, 1.807) is 19.6 Å². The van der Waals surface area contributed by atoms with Crippen molar-refractivity contribution in [2.75, 3.05) is 19.0 Å². The van der Waals surface area contributed by atoms with Crippen molar-refractivity contribution in [1.82, 2.24) is 19.7 Å². The van der Waals surface area contributed by atoms with Crippen molar-refractivity contribution in [3.63, 3.8) is 0 Å². The van der Waals surface area contributed by atoms with Crippen LogP contribution in [0.2, 0.25) is 0 Å². The molecule has 19 heavy (non-hydrogen) atoms. The lowest BCUT2D eigenvalue weighted by molar-refractivity contribution is 0.184. The Morgan fingerprint density at radius 3 is 2.89 bits per heavy atom. The largest absolute Gasteiger partial charge is 0.382 e. The molecule has 2 rings (SSSR count). The highest BCUT2D eigenvalue weighted by atomic mass is 16.5. The lowest BCUT2D eigenvalue weighted by atomic mass is 10.2. The van der Waals surface area contributed by atoms with Gasteiger partial charge < -0.3 is 10.1 Å². The van der Waals surface area contributed by atoms with Gasteiger partial charge in [-0.1, -0.05) is 6.92 Å². The quantitative estimate of drug-likeness (QED) is 0.855. The molecule has 1 atom stereocenters. The first kappa shape index (κ1) is 13.5. The third-order valence-electron chi connectivity index (χ3n) is 2.96. The fraction of sp³-hybridized carbons (Fsp3) is 0.462. The van der Waals surface area contributed by atoms with Gasteiger partial charge >= 0.3 is 0 Å². The summed E-state index contributed by atoms with van der Waals surface area (Å²) >= 11 is 0. The summed E-state index contributed by atoms with van der Waals surface area (Å²) in [6, 6.07) is 3.94. The summed E-state index contributed by atoms with van der Waals surface area (Å²) in [5, 5.41) is 7.54. The summed E-state index contributed by atoms with van der Waals surface area (Å²) < 4.78 is 7.10. The van der Waals surface area contributed by atoms with Crippen molar-refractivity contribution in [2.45, 2.75) is 19.4 Å². The standard InChI is InChI=1S/C13H19N5O/c1-4-10-7-13(15-9-14-10)17-11(8-19-3)12-5-6-16-18(12)2/h5-7,9,11H,4,8H2,1-3H3,(H,14,15,17)/t11-/m1/s1. The Bertz CT molecular complexity index is 525. The first-order chi connectivity index (χ1) is 9.24. The predicted octanol–water partition coefficient (Wildman–Crippen LogP) is 1.57. The van der Waals surface area contributed by atoms with Crippen LogP contribution >= 0.6 is 0 Å². The highest BCUT2D eigenvalue weighted by Crippen LogP contribution is 2.18. The molecule has 0 aliphatic rings. The average Bonchev–Trinajstić information content (AvgIpc) is 2.85. The Kier molecular flexibility index (Phi) is 4.46. The smallest absolute Gasteiger partial charge is 0.130 e. The third kappa shape index (κ3) is 3.29. The molecule has 0 amide bonds. The monoisotopic (exact) mass is 261 g/mol. The minimum absolute atomic E-state index is 0.0112. The second kappa shape index (κ2) is 6.29. The first-order valence-corrected chi connectivity index (χ1v) is 6.29. The van der Waals surface area contributed by atoms with Crippen LogP contribution in [-0.2, 0) is 18.2 Å². The van der Waals surface area contributed by atoms with Gasteiger partial charge in [-0.15, -0.1) is 0 Å². The van der Waals surface area contributed by atoms with Gasteiger partial charge in [0.2, 0.25) is 0 Å². The Labute approximate surface area is 112 Å². The molecule has 0 saturated heterocycles. The molecule has 2 aromatic rings. The van der Waals surface area contributed by atoms with E-state index in [1.165, 1.54) is 0 Å². The molecule has 0 spiro atoms. The van der Waals surface area contributed by atoms with E-state index in [4.69, 9.17) is 4.74 Å². The number of rotatable bonds is 6. The van der Waals surface area contributed by atoms with E-state index >= 15 is 0 Å². The molecule has 0 unspecified atom stereocenters. The van der Waals surface area contributed by atoms with Gasteiger partial charge in [0.15, 0.2) is 0 Å². The van der Waals surface area contributed by atoms with Crippen molar-refractivity contribution in [3.8, 4) is 0 Å². The first-order valence-electron chi connectivity index (χ1n) is 6.29. The van der Waals surface area contributed by atoms with E-state index in [1.807, 2.05) is 23.9 Å². The number of nitrogens with zero attached hydrogens (tertiary/aromatic N) is 4. The highest BCUT2D eigenvalue weighted by molar-refractivity contribution is 5.37.